The number of rotatable bonds is 1. The first-order valence-electron chi connectivity index (χ1n) is 4.82. The quantitative estimate of drug-likeness (QED) is 0.702. The van der Waals surface area contributed by atoms with Gasteiger partial charge in [0.25, 0.3) is 5.92 Å². The second-order valence-electron chi connectivity index (χ2n) is 3.75. The minimum absolute atomic E-state index is 0.137. The topological polar surface area (TPSA) is 59.2 Å². The summed E-state index contributed by atoms with van der Waals surface area (Å²) in [5.74, 6) is -2.16. The van der Waals surface area contributed by atoms with E-state index in [1.165, 1.54) is 9.53 Å². The molecule has 0 amide bonds. The van der Waals surface area contributed by atoms with Crippen molar-refractivity contribution in [2.24, 2.45) is 0 Å². The van der Waals surface area contributed by atoms with Gasteiger partial charge in [0.2, 0.25) is 0 Å². The first kappa shape index (κ1) is 9.37. The molecule has 0 aliphatic carbocycles. The lowest BCUT2D eigenvalue weighted by atomic mass is 10.3. The third-order valence-corrected chi connectivity index (χ3v) is 2.55. The number of nitrogens with zero attached hydrogens (tertiary/aromatic N) is 6. The van der Waals surface area contributed by atoms with Crippen LogP contribution in [-0.2, 0) is 0 Å². The molecule has 16 heavy (non-hydrogen) atoms. The summed E-state index contributed by atoms with van der Waals surface area (Å²) in [5, 5.41) is 14.8. The van der Waals surface area contributed by atoms with Gasteiger partial charge in [-0.15, -0.1) is 14.8 Å². The van der Waals surface area contributed by atoms with E-state index in [0.29, 0.717) is 18.0 Å². The Morgan fingerprint density at radius 3 is 2.94 bits per heavy atom. The van der Waals surface area contributed by atoms with E-state index in [2.05, 4.69) is 20.6 Å². The summed E-state index contributed by atoms with van der Waals surface area (Å²) in [4.78, 5) is 1.53. The molecule has 3 rings (SSSR count). The highest BCUT2D eigenvalue weighted by atomic mass is 19.3. The number of hydrogen-bond donors (Lipinski definition) is 0. The van der Waals surface area contributed by atoms with E-state index in [-0.39, 0.29) is 13.0 Å². The largest absolute Gasteiger partial charge is 0.349 e. The minimum Gasteiger partial charge on any atom is -0.349 e. The van der Waals surface area contributed by atoms with Gasteiger partial charge < -0.3 is 4.90 Å². The zero-order chi connectivity index (χ0) is 11.2. The van der Waals surface area contributed by atoms with E-state index in [0.717, 1.165) is 0 Å². The summed E-state index contributed by atoms with van der Waals surface area (Å²) < 4.78 is 27.3. The zero-order valence-electron chi connectivity index (χ0n) is 8.22. The van der Waals surface area contributed by atoms with Gasteiger partial charge in [-0.2, -0.15) is 0 Å². The number of hydrogen-bond acceptors (Lipinski definition) is 5. The summed E-state index contributed by atoms with van der Waals surface area (Å²) >= 11 is 0. The molecule has 84 valence electrons. The number of tetrazole rings is 1. The molecular weight excluding hydrogens is 218 g/mol. The van der Waals surface area contributed by atoms with E-state index in [1.54, 1.807) is 12.1 Å². The van der Waals surface area contributed by atoms with Crippen LogP contribution in [0.15, 0.2) is 12.1 Å². The van der Waals surface area contributed by atoms with Crippen molar-refractivity contribution < 1.29 is 8.78 Å². The zero-order valence-corrected chi connectivity index (χ0v) is 8.22. The van der Waals surface area contributed by atoms with Crippen molar-refractivity contribution in [3.63, 3.8) is 0 Å². The van der Waals surface area contributed by atoms with Crippen molar-refractivity contribution >= 4 is 11.5 Å². The van der Waals surface area contributed by atoms with Gasteiger partial charge in [-0.25, -0.2) is 8.78 Å². The maximum absolute atomic E-state index is 13.0. The van der Waals surface area contributed by atoms with Gasteiger partial charge >= 0.3 is 0 Å². The van der Waals surface area contributed by atoms with E-state index >= 15 is 0 Å². The number of aromatic nitrogens is 5. The van der Waals surface area contributed by atoms with Gasteiger partial charge in [-0.3, -0.25) is 0 Å². The monoisotopic (exact) mass is 226 g/mol. The molecule has 0 atom stereocenters. The molecular formula is C8H8F2N6. The molecule has 0 radical (unpaired) electrons. The van der Waals surface area contributed by atoms with E-state index in [1.807, 2.05) is 0 Å². The van der Waals surface area contributed by atoms with Crippen LogP contribution in [0.3, 0.4) is 0 Å². The lowest BCUT2D eigenvalue weighted by Gasteiger charge is -2.15. The third-order valence-electron chi connectivity index (χ3n) is 2.55. The van der Waals surface area contributed by atoms with Crippen molar-refractivity contribution in [1.29, 1.82) is 0 Å². The van der Waals surface area contributed by atoms with Crippen LogP contribution in [0, 0.1) is 0 Å². The number of alkyl halides is 2. The van der Waals surface area contributed by atoms with Gasteiger partial charge in [-0.05, 0) is 22.6 Å². The molecule has 1 fully saturated rings. The standard InChI is InChI=1S/C8H8F2N6/c9-8(10)3-4-15(5-8)7-2-1-6-11-13-14-16(6)12-7/h1-2H,3-5H2. The molecule has 1 aliphatic rings. The summed E-state index contributed by atoms with van der Waals surface area (Å²) in [7, 11) is 0. The highest BCUT2D eigenvalue weighted by Crippen LogP contribution is 2.29. The lowest BCUT2D eigenvalue weighted by molar-refractivity contribution is 0.0256. The fraction of sp³-hybridized carbons (Fsp3) is 0.500. The van der Waals surface area contributed by atoms with E-state index in [9.17, 15) is 8.78 Å². The van der Waals surface area contributed by atoms with Crippen LogP contribution in [0.4, 0.5) is 14.6 Å². The molecule has 2 aromatic rings. The first-order valence-corrected chi connectivity index (χ1v) is 4.82. The molecule has 0 unspecified atom stereocenters. The maximum atomic E-state index is 13.0. The van der Waals surface area contributed by atoms with E-state index < -0.39 is 5.92 Å². The van der Waals surface area contributed by atoms with Crippen molar-refractivity contribution in [3.05, 3.63) is 12.1 Å². The average Bonchev–Trinajstić information content (AvgIpc) is 2.82. The van der Waals surface area contributed by atoms with Gasteiger partial charge in [0.1, 0.15) is 0 Å². The maximum Gasteiger partial charge on any atom is 0.266 e. The smallest absolute Gasteiger partial charge is 0.266 e. The summed E-state index contributed by atoms with van der Waals surface area (Å²) in [6.07, 6.45) is -0.137. The highest BCUT2D eigenvalue weighted by molar-refractivity contribution is 5.45. The Labute approximate surface area is 88.8 Å². The minimum atomic E-state index is -2.63. The molecule has 0 aromatic carbocycles. The Balaban J connectivity index is 1.94. The molecule has 0 N–H and O–H groups in total. The van der Waals surface area contributed by atoms with Crippen LogP contribution in [0.5, 0.6) is 0 Å². The Morgan fingerprint density at radius 1 is 1.31 bits per heavy atom. The average molecular weight is 226 g/mol. The van der Waals surface area contributed by atoms with Crippen LogP contribution < -0.4 is 4.90 Å². The van der Waals surface area contributed by atoms with Crippen LogP contribution in [0.25, 0.3) is 5.65 Å². The van der Waals surface area contributed by atoms with Crippen molar-refractivity contribution in [2.45, 2.75) is 12.3 Å². The van der Waals surface area contributed by atoms with Gasteiger partial charge in [-0.1, -0.05) is 0 Å². The fourth-order valence-corrected chi connectivity index (χ4v) is 1.74. The van der Waals surface area contributed by atoms with E-state index in [4.69, 9.17) is 0 Å². The van der Waals surface area contributed by atoms with Crippen LogP contribution in [0.1, 0.15) is 6.42 Å². The predicted molar refractivity (Wildman–Crippen MR) is 50.4 cm³/mol. The Morgan fingerprint density at radius 2 is 2.19 bits per heavy atom. The van der Waals surface area contributed by atoms with Crippen molar-refractivity contribution in [3.8, 4) is 0 Å². The first-order chi connectivity index (χ1) is 7.64. The Kier molecular flexibility index (Phi) is 1.79. The van der Waals surface area contributed by atoms with Gasteiger partial charge in [0, 0.05) is 13.0 Å². The molecule has 0 bridgehead atoms. The molecule has 0 spiro atoms. The number of fused-ring (bicyclic) bond motifs is 1. The summed E-state index contributed by atoms with van der Waals surface area (Å²) in [6.45, 7) is 0.00125. The molecule has 8 heteroatoms. The summed E-state index contributed by atoms with van der Waals surface area (Å²) in [6, 6.07) is 3.30. The predicted octanol–water partition coefficient (Wildman–Crippen LogP) is 0.365. The second-order valence-corrected chi connectivity index (χ2v) is 3.75. The normalized spacial score (nSPS) is 19.5. The molecule has 1 saturated heterocycles. The van der Waals surface area contributed by atoms with Gasteiger partial charge in [0.15, 0.2) is 11.5 Å². The number of anilines is 1. The summed E-state index contributed by atoms with van der Waals surface area (Å²) in [5.41, 5.74) is 0.495. The number of halogens is 2. The Hall–Kier alpha value is -1.86. The molecule has 1 aliphatic heterocycles. The SMILES string of the molecule is FC1(F)CCN(c2ccc3nnnn3n2)C1. The van der Waals surface area contributed by atoms with Crippen molar-refractivity contribution in [1.82, 2.24) is 25.3 Å². The fourth-order valence-electron chi connectivity index (χ4n) is 1.74. The third kappa shape index (κ3) is 1.46. The highest BCUT2D eigenvalue weighted by Gasteiger charge is 2.38. The lowest BCUT2D eigenvalue weighted by Crippen LogP contribution is -2.26. The van der Waals surface area contributed by atoms with Crippen LogP contribution in [0.2, 0.25) is 0 Å². The molecule has 6 nitrogen and oxygen atoms in total. The van der Waals surface area contributed by atoms with Gasteiger partial charge in [0.05, 0.1) is 6.54 Å². The molecule has 2 aromatic heterocycles. The Bertz CT molecular complexity index is 524. The second kappa shape index (κ2) is 3.06. The van der Waals surface area contributed by atoms with Crippen molar-refractivity contribution in [2.75, 3.05) is 18.0 Å². The molecule has 0 saturated carbocycles. The molecule has 3 heterocycles. The van der Waals surface area contributed by atoms with Crippen LogP contribution in [-0.4, -0.2) is 44.3 Å². The van der Waals surface area contributed by atoms with Crippen LogP contribution >= 0.6 is 0 Å².